The first kappa shape index (κ1) is 12.3. The molecule has 15 heavy (non-hydrogen) atoms. The lowest BCUT2D eigenvalue weighted by atomic mass is 9.94. The molecule has 0 radical (unpaired) electrons. The van der Waals surface area contributed by atoms with Crippen LogP contribution in [0.5, 0.6) is 5.75 Å². The molecule has 1 aromatic carbocycles. The molecule has 0 unspecified atom stereocenters. The van der Waals surface area contributed by atoms with Crippen molar-refractivity contribution in [2.24, 2.45) is 0 Å². The molecule has 1 atom stereocenters. The highest BCUT2D eigenvalue weighted by Gasteiger charge is 2.19. The van der Waals surface area contributed by atoms with E-state index in [0.717, 1.165) is 12.3 Å². The SMILES string of the molecule is COc1c(C)cc([C@H]2CCN2)cc1C.Cl. The molecule has 0 aliphatic carbocycles. The Kier molecular flexibility index (Phi) is 4.00. The highest BCUT2D eigenvalue weighted by atomic mass is 35.5. The van der Waals surface area contributed by atoms with Crippen LogP contribution in [0.1, 0.15) is 29.2 Å². The molecule has 1 N–H and O–H groups in total. The van der Waals surface area contributed by atoms with E-state index in [1.807, 2.05) is 0 Å². The minimum atomic E-state index is 0. The van der Waals surface area contributed by atoms with Gasteiger partial charge in [0, 0.05) is 6.04 Å². The van der Waals surface area contributed by atoms with Gasteiger partial charge in [0.05, 0.1) is 7.11 Å². The fraction of sp³-hybridized carbons (Fsp3) is 0.500. The molecule has 1 aliphatic rings. The van der Waals surface area contributed by atoms with Gasteiger partial charge in [-0.2, -0.15) is 0 Å². The minimum Gasteiger partial charge on any atom is -0.496 e. The molecule has 1 saturated heterocycles. The maximum Gasteiger partial charge on any atom is 0.124 e. The number of hydrogen-bond acceptors (Lipinski definition) is 2. The van der Waals surface area contributed by atoms with Crippen LogP contribution in [0.4, 0.5) is 0 Å². The number of nitrogens with one attached hydrogen (secondary N) is 1. The Bertz CT molecular complexity index is 324. The Morgan fingerprint density at radius 1 is 1.27 bits per heavy atom. The van der Waals surface area contributed by atoms with Crippen molar-refractivity contribution in [1.29, 1.82) is 0 Å². The van der Waals surface area contributed by atoms with Crippen molar-refractivity contribution in [2.45, 2.75) is 26.3 Å². The van der Waals surface area contributed by atoms with Gasteiger partial charge in [-0.15, -0.1) is 12.4 Å². The first-order valence-electron chi connectivity index (χ1n) is 5.11. The van der Waals surface area contributed by atoms with E-state index in [0.29, 0.717) is 6.04 Å². The van der Waals surface area contributed by atoms with Gasteiger partial charge in [-0.25, -0.2) is 0 Å². The minimum absolute atomic E-state index is 0. The second kappa shape index (κ2) is 4.86. The van der Waals surface area contributed by atoms with Crippen molar-refractivity contribution in [3.63, 3.8) is 0 Å². The molecule has 3 heteroatoms. The number of hydrogen-bond donors (Lipinski definition) is 1. The number of ether oxygens (including phenoxy) is 1. The highest BCUT2D eigenvalue weighted by molar-refractivity contribution is 5.85. The van der Waals surface area contributed by atoms with Gasteiger partial charge < -0.3 is 10.1 Å². The lowest BCUT2D eigenvalue weighted by Crippen LogP contribution is -2.35. The van der Waals surface area contributed by atoms with Crippen LogP contribution in [-0.4, -0.2) is 13.7 Å². The fourth-order valence-electron chi connectivity index (χ4n) is 2.08. The molecular weight excluding hydrogens is 210 g/mol. The standard InChI is InChI=1S/C12H17NO.ClH/c1-8-6-10(11-4-5-13-11)7-9(2)12(8)14-3;/h6-7,11,13H,4-5H2,1-3H3;1H/t11-;/m1./s1. The van der Waals surface area contributed by atoms with Crippen molar-refractivity contribution in [3.05, 3.63) is 28.8 Å². The largest absolute Gasteiger partial charge is 0.496 e. The Morgan fingerprint density at radius 3 is 2.13 bits per heavy atom. The molecule has 0 amide bonds. The molecule has 0 saturated carbocycles. The quantitative estimate of drug-likeness (QED) is 0.839. The second-order valence-corrected chi connectivity index (χ2v) is 3.98. The summed E-state index contributed by atoms with van der Waals surface area (Å²) in [4.78, 5) is 0. The van der Waals surface area contributed by atoms with E-state index in [1.54, 1.807) is 7.11 Å². The summed E-state index contributed by atoms with van der Waals surface area (Å²) in [6.07, 6.45) is 1.26. The van der Waals surface area contributed by atoms with E-state index < -0.39 is 0 Å². The topological polar surface area (TPSA) is 21.3 Å². The zero-order chi connectivity index (χ0) is 10.1. The van der Waals surface area contributed by atoms with Crippen molar-refractivity contribution in [2.75, 3.05) is 13.7 Å². The Balaban J connectivity index is 0.00000112. The van der Waals surface area contributed by atoms with Crippen LogP contribution in [0.3, 0.4) is 0 Å². The maximum absolute atomic E-state index is 5.34. The summed E-state index contributed by atoms with van der Waals surface area (Å²) in [6.45, 7) is 5.36. The van der Waals surface area contributed by atoms with Crippen LogP contribution in [0, 0.1) is 13.8 Å². The monoisotopic (exact) mass is 227 g/mol. The van der Waals surface area contributed by atoms with Gasteiger partial charge in [0.15, 0.2) is 0 Å². The Labute approximate surface area is 97.4 Å². The summed E-state index contributed by atoms with van der Waals surface area (Å²) in [5.74, 6) is 1.02. The van der Waals surface area contributed by atoms with Crippen LogP contribution in [-0.2, 0) is 0 Å². The molecule has 0 spiro atoms. The van der Waals surface area contributed by atoms with Gasteiger partial charge in [0.2, 0.25) is 0 Å². The molecule has 0 aromatic heterocycles. The van der Waals surface area contributed by atoms with Gasteiger partial charge in [-0.1, -0.05) is 12.1 Å². The van der Waals surface area contributed by atoms with Gasteiger partial charge in [0.25, 0.3) is 0 Å². The average Bonchev–Trinajstić information content (AvgIpc) is 2.00. The summed E-state index contributed by atoms with van der Waals surface area (Å²) in [7, 11) is 1.73. The number of methoxy groups -OCH3 is 1. The zero-order valence-corrected chi connectivity index (χ0v) is 10.3. The molecule has 1 aliphatic heterocycles. The molecule has 1 aromatic rings. The lowest BCUT2D eigenvalue weighted by Gasteiger charge is -2.29. The van der Waals surface area contributed by atoms with E-state index in [-0.39, 0.29) is 12.4 Å². The number of benzene rings is 1. The Hall–Kier alpha value is -0.730. The molecule has 2 nitrogen and oxygen atoms in total. The lowest BCUT2D eigenvalue weighted by molar-refractivity contribution is 0.380. The Morgan fingerprint density at radius 2 is 1.80 bits per heavy atom. The predicted molar refractivity (Wildman–Crippen MR) is 65.1 cm³/mol. The highest BCUT2D eigenvalue weighted by Crippen LogP contribution is 2.30. The van der Waals surface area contributed by atoms with Crippen molar-refractivity contribution >= 4 is 12.4 Å². The fourth-order valence-corrected chi connectivity index (χ4v) is 2.08. The van der Waals surface area contributed by atoms with Crippen LogP contribution in [0.25, 0.3) is 0 Å². The first-order chi connectivity index (χ1) is 6.72. The second-order valence-electron chi connectivity index (χ2n) is 3.98. The van der Waals surface area contributed by atoms with Crippen LogP contribution in [0.2, 0.25) is 0 Å². The average molecular weight is 228 g/mol. The van der Waals surface area contributed by atoms with E-state index in [9.17, 15) is 0 Å². The molecule has 1 fully saturated rings. The summed E-state index contributed by atoms with van der Waals surface area (Å²) < 4.78 is 5.34. The van der Waals surface area contributed by atoms with Gasteiger partial charge >= 0.3 is 0 Å². The van der Waals surface area contributed by atoms with E-state index in [1.165, 1.54) is 23.1 Å². The van der Waals surface area contributed by atoms with Gasteiger partial charge in [-0.05, 0) is 43.5 Å². The van der Waals surface area contributed by atoms with Crippen molar-refractivity contribution < 1.29 is 4.74 Å². The summed E-state index contributed by atoms with van der Waals surface area (Å²) in [5, 5.41) is 3.41. The third-order valence-corrected chi connectivity index (χ3v) is 2.91. The predicted octanol–water partition coefficient (Wildman–Crippen LogP) is 2.77. The maximum atomic E-state index is 5.34. The smallest absolute Gasteiger partial charge is 0.124 e. The number of aryl methyl sites for hydroxylation is 2. The van der Waals surface area contributed by atoms with Crippen LogP contribution in [0.15, 0.2) is 12.1 Å². The number of rotatable bonds is 2. The summed E-state index contributed by atoms with van der Waals surface area (Å²) in [5.41, 5.74) is 3.86. The molecule has 2 rings (SSSR count). The zero-order valence-electron chi connectivity index (χ0n) is 9.46. The number of halogens is 1. The van der Waals surface area contributed by atoms with Crippen molar-refractivity contribution in [3.8, 4) is 5.75 Å². The van der Waals surface area contributed by atoms with Crippen LogP contribution < -0.4 is 10.1 Å². The third kappa shape index (κ3) is 2.27. The van der Waals surface area contributed by atoms with E-state index in [4.69, 9.17) is 4.74 Å². The van der Waals surface area contributed by atoms with Crippen LogP contribution >= 0.6 is 12.4 Å². The normalized spacial score (nSPS) is 19.0. The summed E-state index contributed by atoms with van der Waals surface area (Å²) in [6, 6.07) is 5.02. The van der Waals surface area contributed by atoms with E-state index >= 15 is 0 Å². The molecule has 84 valence electrons. The molecule has 1 heterocycles. The molecule has 0 bridgehead atoms. The summed E-state index contributed by atoms with van der Waals surface area (Å²) >= 11 is 0. The van der Waals surface area contributed by atoms with Gasteiger partial charge in [0.1, 0.15) is 5.75 Å². The molecular formula is C12H18ClNO. The van der Waals surface area contributed by atoms with Crippen molar-refractivity contribution in [1.82, 2.24) is 5.32 Å². The first-order valence-corrected chi connectivity index (χ1v) is 5.11. The van der Waals surface area contributed by atoms with Gasteiger partial charge in [-0.3, -0.25) is 0 Å². The van der Waals surface area contributed by atoms with E-state index in [2.05, 4.69) is 31.3 Å². The third-order valence-electron chi connectivity index (χ3n) is 2.91.